The number of nitrogens with zero attached hydrogens (tertiary/aromatic N) is 2. The number of carbonyl (C=O) groups is 1. The summed E-state index contributed by atoms with van der Waals surface area (Å²) in [5.74, 6) is -0.687. The molecule has 0 N–H and O–H groups in total. The van der Waals surface area contributed by atoms with E-state index in [0.29, 0.717) is 18.1 Å². The molecule has 3 aromatic rings. The summed E-state index contributed by atoms with van der Waals surface area (Å²) in [4.78, 5) is 15.2. The van der Waals surface area contributed by atoms with E-state index in [9.17, 15) is 9.18 Å². The second kappa shape index (κ2) is 9.48. The van der Waals surface area contributed by atoms with E-state index in [2.05, 4.69) is 4.57 Å². The molecular weight excluding hydrogens is 399 g/mol. The average molecular weight is 425 g/mol. The van der Waals surface area contributed by atoms with Gasteiger partial charge in [0.05, 0.1) is 12.1 Å². The molecular formula is C25H26ClFN2O. The van der Waals surface area contributed by atoms with Gasteiger partial charge < -0.3 is 9.47 Å². The lowest BCUT2D eigenvalue weighted by Crippen LogP contribution is -2.41. The maximum atomic E-state index is 14.4. The van der Waals surface area contributed by atoms with Crippen molar-refractivity contribution < 1.29 is 9.18 Å². The Morgan fingerprint density at radius 3 is 2.60 bits per heavy atom. The molecule has 1 amide bonds. The number of rotatable bonds is 6. The molecule has 0 bridgehead atoms. The summed E-state index contributed by atoms with van der Waals surface area (Å²) in [5, 5.41) is 0.708. The van der Waals surface area contributed by atoms with Crippen LogP contribution in [0.4, 0.5) is 4.39 Å². The minimum atomic E-state index is -0.461. The van der Waals surface area contributed by atoms with E-state index in [0.717, 1.165) is 36.9 Å². The normalized spacial score (nSPS) is 14.6. The van der Waals surface area contributed by atoms with E-state index in [1.807, 2.05) is 47.5 Å². The molecule has 30 heavy (non-hydrogen) atoms. The van der Waals surface area contributed by atoms with Gasteiger partial charge in [-0.25, -0.2) is 4.39 Å². The SMILES string of the molecule is O=C(c1ccccc1F)N(Cc1cccn1Cc1cccc(Cl)c1)C1CCCCC1. The van der Waals surface area contributed by atoms with Crippen LogP contribution in [0.1, 0.15) is 53.7 Å². The van der Waals surface area contributed by atoms with Crippen molar-refractivity contribution in [3.63, 3.8) is 0 Å². The molecule has 0 unspecified atom stereocenters. The number of aromatic nitrogens is 1. The standard InChI is InChI=1S/C25H26ClFN2O/c26-20-9-6-8-19(16-20)17-28-15-7-12-22(28)18-29(21-10-2-1-3-11-21)25(30)23-13-4-5-14-24(23)27/h4-9,12-16,21H,1-3,10-11,17-18H2. The van der Waals surface area contributed by atoms with E-state index >= 15 is 0 Å². The van der Waals surface area contributed by atoms with Crippen LogP contribution < -0.4 is 0 Å². The van der Waals surface area contributed by atoms with Crippen LogP contribution in [0, 0.1) is 5.82 Å². The van der Waals surface area contributed by atoms with E-state index in [1.54, 1.807) is 18.2 Å². The van der Waals surface area contributed by atoms with Gasteiger partial charge in [0.2, 0.25) is 0 Å². The van der Waals surface area contributed by atoms with Gasteiger partial charge >= 0.3 is 0 Å². The zero-order valence-corrected chi connectivity index (χ0v) is 17.7. The van der Waals surface area contributed by atoms with Crippen LogP contribution >= 0.6 is 11.6 Å². The summed E-state index contributed by atoms with van der Waals surface area (Å²) >= 11 is 6.14. The molecule has 0 radical (unpaired) electrons. The second-order valence-corrected chi connectivity index (χ2v) is 8.40. The first kappa shape index (κ1) is 20.7. The molecule has 1 fully saturated rings. The fraction of sp³-hybridized carbons (Fsp3) is 0.320. The van der Waals surface area contributed by atoms with Crippen molar-refractivity contribution in [2.75, 3.05) is 0 Å². The molecule has 0 spiro atoms. The quantitative estimate of drug-likeness (QED) is 0.455. The molecule has 0 atom stereocenters. The zero-order chi connectivity index (χ0) is 20.9. The Balaban J connectivity index is 1.60. The van der Waals surface area contributed by atoms with Gasteiger partial charge in [0.1, 0.15) is 5.82 Å². The maximum absolute atomic E-state index is 14.4. The van der Waals surface area contributed by atoms with Crippen LogP contribution in [-0.2, 0) is 13.1 Å². The lowest BCUT2D eigenvalue weighted by Gasteiger charge is -2.35. The van der Waals surface area contributed by atoms with Crippen LogP contribution in [0.5, 0.6) is 0 Å². The number of hydrogen-bond donors (Lipinski definition) is 0. The molecule has 0 saturated heterocycles. The molecule has 1 aromatic heterocycles. The smallest absolute Gasteiger partial charge is 0.257 e. The van der Waals surface area contributed by atoms with Crippen LogP contribution in [-0.4, -0.2) is 21.4 Å². The first-order valence-corrected chi connectivity index (χ1v) is 10.9. The highest BCUT2D eigenvalue weighted by Gasteiger charge is 2.28. The third kappa shape index (κ3) is 4.76. The number of benzene rings is 2. The fourth-order valence-electron chi connectivity index (χ4n) is 4.30. The Morgan fingerprint density at radius 2 is 1.83 bits per heavy atom. The lowest BCUT2D eigenvalue weighted by atomic mass is 9.93. The Labute approximate surface area is 182 Å². The molecule has 1 aliphatic rings. The lowest BCUT2D eigenvalue weighted by molar-refractivity contribution is 0.0604. The first-order chi connectivity index (χ1) is 14.6. The maximum Gasteiger partial charge on any atom is 0.257 e. The van der Waals surface area contributed by atoms with Gasteiger partial charge in [-0.2, -0.15) is 0 Å². The summed E-state index contributed by atoms with van der Waals surface area (Å²) < 4.78 is 16.5. The topological polar surface area (TPSA) is 25.2 Å². The highest BCUT2D eigenvalue weighted by molar-refractivity contribution is 6.30. The predicted molar refractivity (Wildman–Crippen MR) is 118 cm³/mol. The van der Waals surface area contributed by atoms with Gasteiger partial charge in [0.25, 0.3) is 5.91 Å². The minimum absolute atomic E-state index is 0.139. The van der Waals surface area contributed by atoms with E-state index < -0.39 is 5.82 Å². The van der Waals surface area contributed by atoms with Crippen molar-refractivity contribution in [1.82, 2.24) is 9.47 Å². The summed E-state index contributed by atoms with van der Waals surface area (Å²) in [6, 6.07) is 18.2. The molecule has 1 saturated carbocycles. The number of carbonyl (C=O) groups excluding carboxylic acids is 1. The van der Waals surface area contributed by atoms with E-state index in [-0.39, 0.29) is 17.5 Å². The van der Waals surface area contributed by atoms with Gasteiger partial charge in [-0.3, -0.25) is 4.79 Å². The van der Waals surface area contributed by atoms with E-state index in [4.69, 9.17) is 11.6 Å². The van der Waals surface area contributed by atoms with Crippen molar-refractivity contribution in [3.05, 3.63) is 94.5 Å². The minimum Gasteiger partial charge on any atom is -0.345 e. The van der Waals surface area contributed by atoms with Gasteiger partial charge in [0, 0.05) is 29.5 Å². The number of halogens is 2. The van der Waals surface area contributed by atoms with Gasteiger partial charge in [-0.05, 0) is 54.8 Å². The second-order valence-electron chi connectivity index (χ2n) is 7.96. The van der Waals surface area contributed by atoms with Gasteiger partial charge in [-0.15, -0.1) is 0 Å². The van der Waals surface area contributed by atoms with Crippen LogP contribution in [0.25, 0.3) is 0 Å². The molecule has 156 valence electrons. The van der Waals surface area contributed by atoms with Crippen LogP contribution in [0.15, 0.2) is 66.9 Å². The molecule has 1 aliphatic carbocycles. The third-order valence-corrected chi connectivity index (χ3v) is 6.11. The van der Waals surface area contributed by atoms with Crippen LogP contribution in [0.3, 0.4) is 0 Å². The largest absolute Gasteiger partial charge is 0.345 e. The Hall–Kier alpha value is -2.59. The monoisotopic (exact) mass is 424 g/mol. The highest BCUT2D eigenvalue weighted by atomic mass is 35.5. The van der Waals surface area contributed by atoms with E-state index in [1.165, 1.54) is 12.5 Å². The van der Waals surface area contributed by atoms with Gasteiger partial charge in [-0.1, -0.05) is 55.1 Å². The Kier molecular flexibility index (Phi) is 6.53. The van der Waals surface area contributed by atoms with Crippen molar-refractivity contribution in [1.29, 1.82) is 0 Å². The highest BCUT2D eigenvalue weighted by Crippen LogP contribution is 2.27. The predicted octanol–water partition coefficient (Wildman–Crippen LogP) is 6.30. The molecule has 0 aliphatic heterocycles. The van der Waals surface area contributed by atoms with Crippen molar-refractivity contribution >= 4 is 17.5 Å². The molecule has 3 nitrogen and oxygen atoms in total. The van der Waals surface area contributed by atoms with Gasteiger partial charge in [0.15, 0.2) is 0 Å². The Morgan fingerprint density at radius 1 is 1.03 bits per heavy atom. The number of amides is 1. The van der Waals surface area contributed by atoms with Crippen molar-refractivity contribution in [3.8, 4) is 0 Å². The average Bonchev–Trinajstić information content (AvgIpc) is 3.19. The first-order valence-electron chi connectivity index (χ1n) is 10.6. The van der Waals surface area contributed by atoms with Crippen molar-refractivity contribution in [2.45, 2.75) is 51.2 Å². The fourth-order valence-corrected chi connectivity index (χ4v) is 4.52. The third-order valence-electron chi connectivity index (χ3n) is 5.88. The van der Waals surface area contributed by atoms with Crippen LogP contribution in [0.2, 0.25) is 5.02 Å². The molecule has 4 rings (SSSR count). The molecule has 2 aromatic carbocycles. The summed E-state index contributed by atoms with van der Waals surface area (Å²) in [5.41, 5.74) is 2.28. The number of hydrogen-bond acceptors (Lipinski definition) is 1. The summed E-state index contributed by atoms with van der Waals surface area (Å²) in [7, 11) is 0. The zero-order valence-electron chi connectivity index (χ0n) is 16.9. The van der Waals surface area contributed by atoms with Crippen molar-refractivity contribution in [2.24, 2.45) is 0 Å². The summed E-state index contributed by atoms with van der Waals surface area (Å²) in [6.07, 6.45) is 7.36. The molecule has 1 heterocycles. The Bertz CT molecular complexity index is 1010. The molecule has 5 heteroatoms. The summed E-state index contributed by atoms with van der Waals surface area (Å²) in [6.45, 7) is 1.14.